The molecule has 0 aliphatic carbocycles. The summed E-state index contributed by atoms with van der Waals surface area (Å²) in [5.41, 5.74) is 1.19. The van der Waals surface area contributed by atoms with Crippen LogP contribution in [0.3, 0.4) is 0 Å². The fourth-order valence-electron chi connectivity index (χ4n) is 1.83. The van der Waals surface area contributed by atoms with Gasteiger partial charge in [-0.15, -0.1) is 0 Å². The van der Waals surface area contributed by atoms with Gasteiger partial charge < -0.3 is 20.5 Å². The van der Waals surface area contributed by atoms with Gasteiger partial charge in [-0.2, -0.15) is 0 Å². The van der Waals surface area contributed by atoms with Crippen LogP contribution in [0.1, 0.15) is 11.1 Å². The zero-order chi connectivity index (χ0) is 14.7. The third kappa shape index (κ3) is 2.85. The van der Waals surface area contributed by atoms with Crippen molar-refractivity contribution in [3.8, 4) is 17.2 Å². The third-order valence-electron chi connectivity index (χ3n) is 2.82. The lowest BCUT2D eigenvalue weighted by atomic mass is 10.0. The summed E-state index contributed by atoms with van der Waals surface area (Å²) in [6.45, 7) is 0. The molecular weight excluding hydrogens is 326 g/mol. The van der Waals surface area contributed by atoms with Crippen molar-refractivity contribution in [2.75, 3.05) is 0 Å². The Balaban J connectivity index is 2.37. The molecule has 0 spiro atoms. The minimum atomic E-state index is -0.641. The maximum Gasteiger partial charge on any atom is 0.200 e. The van der Waals surface area contributed by atoms with E-state index in [1.54, 1.807) is 0 Å². The highest BCUT2D eigenvalue weighted by Crippen LogP contribution is 2.37. The first-order valence-electron chi connectivity index (χ1n) is 5.72. The number of hydrogen-bond donors (Lipinski definition) is 4. The second-order valence-corrected chi connectivity index (χ2v) is 5.10. The fourth-order valence-corrected chi connectivity index (χ4v) is 2.27. The molecule has 0 aliphatic rings. The van der Waals surface area contributed by atoms with Crippen LogP contribution in [0.25, 0.3) is 0 Å². The van der Waals surface area contributed by atoms with Crippen molar-refractivity contribution in [3.05, 3.63) is 52.0 Å². The van der Waals surface area contributed by atoms with Gasteiger partial charge in [0, 0.05) is 16.5 Å². The molecule has 2 aromatic rings. The molecule has 0 saturated heterocycles. The first kappa shape index (κ1) is 14.2. The van der Waals surface area contributed by atoms with Gasteiger partial charge in [0.2, 0.25) is 5.75 Å². The van der Waals surface area contributed by atoms with Gasteiger partial charge >= 0.3 is 0 Å². The molecule has 6 heteroatoms. The molecule has 0 amide bonds. The van der Waals surface area contributed by atoms with E-state index in [0.29, 0.717) is 0 Å². The first-order valence-corrected chi connectivity index (χ1v) is 6.52. The van der Waals surface area contributed by atoms with Crippen LogP contribution in [0.4, 0.5) is 0 Å². The van der Waals surface area contributed by atoms with Gasteiger partial charge in [0.25, 0.3) is 0 Å². The lowest BCUT2D eigenvalue weighted by Gasteiger charge is -2.09. The molecule has 0 atom stereocenters. The Morgan fingerprint density at radius 3 is 2.45 bits per heavy atom. The monoisotopic (exact) mass is 337 g/mol. The number of phenolic OH excluding ortho intramolecular Hbond substituents is 3. The molecule has 0 radical (unpaired) electrons. The molecule has 0 fully saturated rings. The van der Waals surface area contributed by atoms with Crippen LogP contribution in [0, 0.1) is 0 Å². The van der Waals surface area contributed by atoms with Crippen molar-refractivity contribution in [2.24, 2.45) is 5.16 Å². The summed E-state index contributed by atoms with van der Waals surface area (Å²) in [4.78, 5) is 0. The number of hydrogen-bond acceptors (Lipinski definition) is 5. The maximum atomic E-state index is 9.80. The van der Waals surface area contributed by atoms with E-state index in [1.165, 1.54) is 12.1 Å². The van der Waals surface area contributed by atoms with Gasteiger partial charge in [-0.1, -0.05) is 33.2 Å². The highest BCUT2D eigenvalue weighted by atomic mass is 79.9. The smallest absolute Gasteiger partial charge is 0.200 e. The van der Waals surface area contributed by atoms with E-state index in [2.05, 4.69) is 21.1 Å². The second-order valence-electron chi connectivity index (χ2n) is 4.18. The lowest BCUT2D eigenvalue weighted by molar-refractivity contribution is 0.317. The van der Waals surface area contributed by atoms with Crippen LogP contribution in [-0.4, -0.2) is 26.2 Å². The zero-order valence-electron chi connectivity index (χ0n) is 10.3. The third-order valence-corrected chi connectivity index (χ3v) is 3.32. The van der Waals surface area contributed by atoms with Crippen molar-refractivity contribution in [1.29, 1.82) is 0 Å². The average Bonchev–Trinajstić information content (AvgIpc) is 2.43. The number of benzene rings is 2. The first-order chi connectivity index (χ1) is 9.52. The van der Waals surface area contributed by atoms with Gasteiger partial charge in [-0.05, 0) is 29.8 Å². The minimum Gasteiger partial charge on any atom is -0.504 e. The fraction of sp³-hybridized carbons (Fsp3) is 0.0714. The van der Waals surface area contributed by atoms with Crippen molar-refractivity contribution < 1.29 is 20.5 Å². The zero-order valence-corrected chi connectivity index (χ0v) is 11.9. The van der Waals surface area contributed by atoms with E-state index >= 15 is 0 Å². The Morgan fingerprint density at radius 1 is 1.05 bits per heavy atom. The molecule has 4 N–H and O–H groups in total. The molecule has 2 aromatic carbocycles. The summed E-state index contributed by atoms with van der Waals surface area (Å²) in [6, 6.07) is 9.98. The molecule has 2 rings (SSSR count). The van der Waals surface area contributed by atoms with E-state index in [0.717, 1.165) is 10.0 Å². The largest absolute Gasteiger partial charge is 0.504 e. The molecule has 0 heterocycles. The van der Waals surface area contributed by atoms with E-state index < -0.39 is 17.2 Å². The molecule has 0 aromatic heterocycles. The van der Waals surface area contributed by atoms with E-state index in [9.17, 15) is 15.3 Å². The average molecular weight is 338 g/mol. The van der Waals surface area contributed by atoms with Gasteiger partial charge in [-0.25, -0.2) is 0 Å². The molecule has 0 saturated carbocycles. The second kappa shape index (κ2) is 5.83. The van der Waals surface area contributed by atoms with Crippen molar-refractivity contribution in [2.45, 2.75) is 6.42 Å². The van der Waals surface area contributed by atoms with Crippen LogP contribution in [-0.2, 0) is 6.42 Å². The summed E-state index contributed by atoms with van der Waals surface area (Å²) in [7, 11) is 0. The van der Waals surface area contributed by atoms with Crippen molar-refractivity contribution in [1.82, 2.24) is 0 Å². The van der Waals surface area contributed by atoms with Crippen LogP contribution in [0.2, 0.25) is 0 Å². The lowest BCUT2D eigenvalue weighted by Crippen LogP contribution is -2.06. The van der Waals surface area contributed by atoms with Crippen LogP contribution in [0.15, 0.2) is 46.0 Å². The highest BCUT2D eigenvalue weighted by Gasteiger charge is 2.16. The Bertz CT molecular complexity index is 670. The van der Waals surface area contributed by atoms with Gasteiger partial charge in [0.1, 0.15) is 0 Å². The molecule has 0 bridgehead atoms. The standard InChI is InChI=1S/C14H12BrNO4/c15-9-3-1-2-8(6-9)7-11(16-20)10-4-5-12(17)14(19)13(10)18/h1-6,17-20H,7H2/b16-11+. The summed E-state index contributed by atoms with van der Waals surface area (Å²) in [6.07, 6.45) is 0.258. The number of aromatic hydroxyl groups is 3. The van der Waals surface area contributed by atoms with E-state index in [1.807, 2.05) is 24.3 Å². The van der Waals surface area contributed by atoms with Crippen LogP contribution in [0.5, 0.6) is 17.2 Å². The van der Waals surface area contributed by atoms with E-state index in [-0.39, 0.29) is 17.7 Å². The number of oxime groups is 1. The number of phenols is 3. The normalized spacial score (nSPS) is 11.6. The molecule has 5 nitrogen and oxygen atoms in total. The topological polar surface area (TPSA) is 93.3 Å². The van der Waals surface area contributed by atoms with Gasteiger partial charge in [0.05, 0.1) is 5.71 Å². The Hall–Kier alpha value is -2.21. The summed E-state index contributed by atoms with van der Waals surface area (Å²) in [5, 5.41) is 40.9. The summed E-state index contributed by atoms with van der Waals surface area (Å²) >= 11 is 3.34. The molecule has 0 unspecified atom stereocenters. The predicted molar refractivity (Wildman–Crippen MR) is 77.6 cm³/mol. The number of rotatable bonds is 3. The molecule has 104 valence electrons. The molecular formula is C14H12BrNO4. The minimum absolute atomic E-state index is 0.155. The Labute approximate surface area is 123 Å². The predicted octanol–water partition coefficient (Wildman–Crippen LogP) is 2.99. The Morgan fingerprint density at radius 2 is 1.80 bits per heavy atom. The van der Waals surface area contributed by atoms with Crippen LogP contribution < -0.4 is 0 Å². The number of halogens is 1. The quantitative estimate of drug-likeness (QED) is 0.300. The molecule has 20 heavy (non-hydrogen) atoms. The van der Waals surface area contributed by atoms with Gasteiger partial charge in [0.15, 0.2) is 11.5 Å². The maximum absolute atomic E-state index is 9.80. The SMILES string of the molecule is O/N=C(\Cc1cccc(Br)c1)c1ccc(O)c(O)c1O. The highest BCUT2D eigenvalue weighted by molar-refractivity contribution is 9.10. The summed E-state index contributed by atoms with van der Waals surface area (Å²) < 4.78 is 0.880. The molecule has 0 aliphatic heterocycles. The summed E-state index contributed by atoms with van der Waals surface area (Å²) in [5.74, 6) is -1.60. The van der Waals surface area contributed by atoms with Crippen LogP contribution >= 0.6 is 15.9 Å². The van der Waals surface area contributed by atoms with E-state index in [4.69, 9.17) is 5.21 Å². The van der Waals surface area contributed by atoms with Crippen molar-refractivity contribution >= 4 is 21.6 Å². The van der Waals surface area contributed by atoms with Crippen molar-refractivity contribution in [3.63, 3.8) is 0 Å². The number of nitrogens with zero attached hydrogens (tertiary/aromatic N) is 1. The van der Waals surface area contributed by atoms with Gasteiger partial charge in [-0.3, -0.25) is 0 Å². The Kier molecular flexibility index (Phi) is 4.14.